The van der Waals surface area contributed by atoms with Gasteiger partial charge in [-0.15, -0.1) is 0 Å². The Balaban J connectivity index is 1.70. The molecule has 3 rings (SSSR count). The summed E-state index contributed by atoms with van der Waals surface area (Å²) in [4.78, 5) is 23.9. The van der Waals surface area contributed by atoms with E-state index in [-0.39, 0.29) is 18.9 Å². The number of pyridine rings is 1. The minimum absolute atomic E-state index is 0.00406. The molecule has 28 heavy (non-hydrogen) atoms. The molecule has 6 heteroatoms. The smallest absolute Gasteiger partial charge is 0.308 e. The quantitative estimate of drug-likeness (QED) is 0.669. The van der Waals surface area contributed by atoms with E-state index in [1.165, 1.54) is 6.92 Å². The second kappa shape index (κ2) is 8.40. The van der Waals surface area contributed by atoms with Gasteiger partial charge in [0.25, 0.3) is 0 Å². The second-order valence-electron chi connectivity index (χ2n) is 6.66. The highest BCUT2D eigenvalue weighted by Gasteiger charge is 2.19. The van der Waals surface area contributed by atoms with Gasteiger partial charge in [0, 0.05) is 24.9 Å². The van der Waals surface area contributed by atoms with Crippen LogP contribution in [0.2, 0.25) is 0 Å². The van der Waals surface area contributed by atoms with Crippen molar-refractivity contribution < 1.29 is 14.3 Å². The number of aryl methyl sites for hydroxylation is 1. The molecule has 2 aromatic heterocycles. The molecule has 3 aromatic rings. The average Bonchev–Trinajstić information content (AvgIpc) is 3.03. The maximum absolute atomic E-state index is 12.4. The van der Waals surface area contributed by atoms with Crippen LogP contribution in [0.3, 0.4) is 0 Å². The lowest BCUT2D eigenvalue weighted by Crippen LogP contribution is -2.28. The first-order valence-corrected chi connectivity index (χ1v) is 8.96. The molecule has 2 heterocycles. The summed E-state index contributed by atoms with van der Waals surface area (Å²) in [5, 5.41) is 12.2. The summed E-state index contributed by atoms with van der Waals surface area (Å²) in [7, 11) is 0. The van der Waals surface area contributed by atoms with Gasteiger partial charge in [-0.2, -0.15) is 5.26 Å². The van der Waals surface area contributed by atoms with Crippen LogP contribution in [0.15, 0.2) is 54.9 Å². The number of aromatic nitrogens is 1. The Kier molecular flexibility index (Phi) is 5.75. The minimum Gasteiger partial charge on any atom is -0.461 e. The van der Waals surface area contributed by atoms with Gasteiger partial charge in [-0.1, -0.05) is 35.9 Å². The third-order valence-electron chi connectivity index (χ3n) is 4.49. The van der Waals surface area contributed by atoms with Gasteiger partial charge in [0.05, 0.1) is 23.5 Å². The monoisotopic (exact) mass is 375 g/mol. The molecule has 1 amide bonds. The Bertz CT molecular complexity index is 1050. The maximum Gasteiger partial charge on any atom is 0.308 e. The van der Waals surface area contributed by atoms with E-state index in [1.54, 1.807) is 6.20 Å². The maximum atomic E-state index is 12.4. The molecule has 0 radical (unpaired) electrons. The third-order valence-corrected chi connectivity index (χ3v) is 4.49. The van der Waals surface area contributed by atoms with Crippen molar-refractivity contribution in [2.24, 2.45) is 0 Å². The van der Waals surface area contributed by atoms with Crippen LogP contribution in [-0.4, -0.2) is 16.3 Å². The zero-order valence-electron chi connectivity index (χ0n) is 15.8. The lowest BCUT2D eigenvalue weighted by molar-refractivity contribution is -0.145. The zero-order valence-corrected chi connectivity index (χ0v) is 15.8. The number of hydrogen-bond acceptors (Lipinski definition) is 4. The summed E-state index contributed by atoms with van der Waals surface area (Å²) in [5.74, 6) is -0.665. The number of benzene rings is 1. The van der Waals surface area contributed by atoms with Gasteiger partial charge in [-0.25, -0.2) is 0 Å². The molecule has 0 aliphatic rings. The van der Waals surface area contributed by atoms with Gasteiger partial charge in [0.15, 0.2) is 0 Å². The molecule has 1 atom stereocenters. The molecule has 0 fully saturated rings. The number of nitrogens with zero attached hydrogens (tertiary/aromatic N) is 2. The van der Waals surface area contributed by atoms with Gasteiger partial charge < -0.3 is 14.5 Å². The van der Waals surface area contributed by atoms with Gasteiger partial charge >= 0.3 is 5.97 Å². The normalized spacial score (nSPS) is 11.6. The van der Waals surface area contributed by atoms with Crippen molar-refractivity contribution in [1.29, 1.82) is 5.26 Å². The SMILES string of the molecule is CC(=O)NC(CC(=O)OCc1cn2ccccc2c1C#N)c1ccc(C)cc1. The third kappa shape index (κ3) is 4.38. The predicted octanol–water partition coefficient (Wildman–Crippen LogP) is 3.43. The van der Waals surface area contributed by atoms with E-state index in [1.807, 2.05) is 60.0 Å². The van der Waals surface area contributed by atoms with Crippen molar-refractivity contribution in [1.82, 2.24) is 9.72 Å². The molecule has 0 saturated heterocycles. The second-order valence-corrected chi connectivity index (χ2v) is 6.66. The Labute approximate surface area is 163 Å². The Hall–Kier alpha value is -3.59. The summed E-state index contributed by atoms with van der Waals surface area (Å²) in [6.45, 7) is 3.39. The van der Waals surface area contributed by atoms with Crippen molar-refractivity contribution in [3.63, 3.8) is 0 Å². The summed E-state index contributed by atoms with van der Waals surface area (Å²) >= 11 is 0. The molecule has 0 aliphatic heterocycles. The van der Waals surface area contributed by atoms with Crippen LogP contribution in [0.5, 0.6) is 0 Å². The summed E-state index contributed by atoms with van der Waals surface area (Å²) in [5.41, 5.74) is 3.84. The van der Waals surface area contributed by atoms with Crippen LogP contribution >= 0.6 is 0 Å². The topological polar surface area (TPSA) is 83.6 Å². The number of amides is 1. The fourth-order valence-electron chi connectivity index (χ4n) is 3.10. The fourth-order valence-corrected chi connectivity index (χ4v) is 3.10. The largest absolute Gasteiger partial charge is 0.461 e. The van der Waals surface area contributed by atoms with E-state index in [0.717, 1.165) is 16.6 Å². The number of nitriles is 1. The van der Waals surface area contributed by atoms with Crippen molar-refractivity contribution >= 4 is 17.4 Å². The van der Waals surface area contributed by atoms with E-state index in [0.29, 0.717) is 11.1 Å². The van der Waals surface area contributed by atoms with E-state index < -0.39 is 12.0 Å². The highest BCUT2D eigenvalue weighted by molar-refractivity contribution is 5.76. The number of carbonyl (C=O) groups is 2. The number of esters is 1. The van der Waals surface area contributed by atoms with E-state index in [4.69, 9.17) is 4.74 Å². The Morgan fingerprint density at radius 1 is 1.21 bits per heavy atom. The van der Waals surface area contributed by atoms with Crippen LogP contribution in [0, 0.1) is 18.3 Å². The van der Waals surface area contributed by atoms with Crippen LogP contribution < -0.4 is 5.32 Å². The lowest BCUT2D eigenvalue weighted by Gasteiger charge is -2.18. The predicted molar refractivity (Wildman–Crippen MR) is 104 cm³/mol. The number of hydrogen-bond donors (Lipinski definition) is 1. The van der Waals surface area contributed by atoms with Gasteiger partial charge in [0.1, 0.15) is 12.7 Å². The molecule has 1 aromatic carbocycles. The fraction of sp³-hybridized carbons (Fsp3) is 0.227. The number of nitrogens with one attached hydrogen (secondary N) is 1. The van der Waals surface area contributed by atoms with Gasteiger partial charge in [-0.3, -0.25) is 9.59 Å². The molecule has 0 saturated carbocycles. The van der Waals surface area contributed by atoms with Gasteiger partial charge in [0.2, 0.25) is 5.91 Å². The molecular formula is C22H21N3O3. The van der Waals surface area contributed by atoms with E-state index in [9.17, 15) is 14.9 Å². The van der Waals surface area contributed by atoms with Gasteiger partial charge in [-0.05, 0) is 24.6 Å². The lowest BCUT2D eigenvalue weighted by atomic mass is 10.0. The zero-order chi connectivity index (χ0) is 20.1. The van der Waals surface area contributed by atoms with Crippen LogP contribution in [0.25, 0.3) is 5.52 Å². The number of carbonyl (C=O) groups excluding carboxylic acids is 2. The summed E-state index contributed by atoms with van der Waals surface area (Å²) < 4.78 is 7.23. The Morgan fingerprint density at radius 2 is 1.96 bits per heavy atom. The molecular weight excluding hydrogens is 354 g/mol. The molecule has 0 aliphatic carbocycles. The highest BCUT2D eigenvalue weighted by Crippen LogP contribution is 2.21. The standard InChI is InChI=1S/C22H21N3O3/c1-15-6-8-17(9-7-15)20(24-16(2)26)11-22(27)28-14-18-13-25-10-4-3-5-21(25)19(18)12-23/h3-10,13,20H,11,14H2,1-2H3,(H,24,26). The minimum atomic E-state index is -0.464. The molecule has 142 valence electrons. The van der Waals surface area contributed by atoms with Crippen LogP contribution in [0.1, 0.15) is 41.6 Å². The molecule has 0 bridgehead atoms. The first-order chi connectivity index (χ1) is 13.5. The van der Waals surface area contributed by atoms with Crippen molar-refractivity contribution in [3.8, 4) is 6.07 Å². The van der Waals surface area contributed by atoms with Crippen LogP contribution in [0.4, 0.5) is 0 Å². The van der Waals surface area contributed by atoms with E-state index >= 15 is 0 Å². The molecule has 1 N–H and O–H groups in total. The van der Waals surface area contributed by atoms with E-state index in [2.05, 4.69) is 11.4 Å². The number of ether oxygens (including phenoxy) is 1. The first-order valence-electron chi connectivity index (χ1n) is 8.96. The molecule has 0 spiro atoms. The summed E-state index contributed by atoms with van der Waals surface area (Å²) in [6.07, 6.45) is 3.63. The number of fused-ring (bicyclic) bond motifs is 1. The highest BCUT2D eigenvalue weighted by atomic mass is 16.5. The van der Waals surface area contributed by atoms with Crippen molar-refractivity contribution in [2.45, 2.75) is 32.9 Å². The molecule has 6 nitrogen and oxygen atoms in total. The van der Waals surface area contributed by atoms with Crippen molar-refractivity contribution in [3.05, 3.63) is 77.1 Å². The first kappa shape index (κ1) is 19.2. The Morgan fingerprint density at radius 3 is 2.64 bits per heavy atom. The van der Waals surface area contributed by atoms with Crippen LogP contribution in [-0.2, 0) is 20.9 Å². The summed E-state index contributed by atoms with van der Waals surface area (Å²) in [6, 6.07) is 14.9. The number of rotatable bonds is 6. The molecule has 1 unspecified atom stereocenters. The average molecular weight is 375 g/mol. The van der Waals surface area contributed by atoms with Crippen molar-refractivity contribution in [2.75, 3.05) is 0 Å².